The van der Waals surface area contributed by atoms with Crippen LogP contribution in [0.4, 0.5) is 0 Å². The highest BCUT2D eigenvalue weighted by atomic mass is 79.9. The topological polar surface area (TPSA) is 37.6 Å². The summed E-state index contributed by atoms with van der Waals surface area (Å²) in [5, 5.41) is 1.98. The number of nitrogens with zero attached hydrogens (tertiary/aromatic N) is 3. The van der Waals surface area contributed by atoms with Crippen LogP contribution in [0.25, 0.3) is 4.96 Å². The predicted molar refractivity (Wildman–Crippen MR) is 87.4 cm³/mol. The summed E-state index contributed by atoms with van der Waals surface area (Å²) in [4.78, 5) is 19.4. The van der Waals surface area contributed by atoms with E-state index in [9.17, 15) is 4.79 Å². The van der Waals surface area contributed by atoms with Crippen LogP contribution in [0.2, 0.25) is 0 Å². The summed E-state index contributed by atoms with van der Waals surface area (Å²) in [6.45, 7) is 0.586. The third-order valence-electron chi connectivity index (χ3n) is 3.27. The van der Waals surface area contributed by atoms with Gasteiger partial charge in [0, 0.05) is 35.8 Å². The Morgan fingerprint density at radius 2 is 2.24 bits per heavy atom. The molecule has 0 saturated heterocycles. The molecule has 108 valence electrons. The fourth-order valence-corrected chi connectivity index (χ4v) is 3.25. The number of hydrogen-bond acceptors (Lipinski definition) is 3. The molecule has 0 bridgehead atoms. The second-order valence-corrected chi connectivity index (χ2v) is 6.57. The van der Waals surface area contributed by atoms with Crippen LogP contribution in [0.3, 0.4) is 0 Å². The molecule has 0 N–H and O–H groups in total. The van der Waals surface area contributed by atoms with E-state index in [4.69, 9.17) is 0 Å². The third kappa shape index (κ3) is 3.16. The minimum absolute atomic E-state index is 0.0662. The van der Waals surface area contributed by atoms with Gasteiger partial charge in [-0.2, -0.15) is 0 Å². The molecule has 0 aliphatic rings. The number of rotatable bonds is 4. The Bertz CT molecular complexity index is 751. The molecule has 0 saturated carbocycles. The van der Waals surface area contributed by atoms with E-state index >= 15 is 0 Å². The Kier molecular flexibility index (Phi) is 4.07. The Morgan fingerprint density at radius 1 is 1.43 bits per heavy atom. The molecule has 3 rings (SSSR count). The number of fused-ring (bicyclic) bond motifs is 1. The monoisotopic (exact) mass is 363 g/mol. The lowest BCUT2D eigenvalue weighted by Crippen LogP contribution is -2.28. The molecule has 0 aliphatic heterocycles. The summed E-state index contributed by atoms with van der Waals surface area (Å²) in [7, 11) is 1.82. The maximum absolute atomic E-state index is 12.3. The van der Waals surface area contributed by atoms with Gasteiger partial charge in [-0.05, 0) is 11.6 Å². The zero-order valence-electron chi connectivity index (χ0n) is 11.5. The molecule has 3 aromatic rings. The van der Waals surface area contributed by atoms with E-state index in [0.717, 1.165) is 20.7 Å². The van der Waals surface area contributed by atoms with Crippen LogP contribution in [0.5, 0.6) is 0 Å². The van der Waals surface area contributed by atoms with Crippen LogP contribution in [-0.4, -0.2) is 27.2 Å². The minimum atomic E-state index is 0.0662. The lowest BCUT2D eigenvalue weighted by atomic mass is 10.2. The zero-order valence-corrected chi connectivity index (χ0v) is 13.9. The molecule has 1 aromatic carbocycles. The Balaban J connectivity index is 1.67. The first kappa shape index (κ1) is 14.3. The lowest BCUT2D eigenvalue weighted by Gasteiger charge is -2.17. The first-order valence-electron chi connectivity index (χ1n) is 6.52. The molecule has 0 aliphatic carbocycles. The van der Waals surface area contributed by atoms with Crippen molar-refractivity contribution in [1.29, 1.82) is 0 Å². The number of aromatic nitrogens is 2. The van der Waals surface area contributed by atoms with Crippen molar-refractivity contribution in [3.63, 3.8) is 0 Å². The summed E-state index contributed by atoms with van der Waals surface area (Å²) < 4.78 is 2.97. The molecular formula is C15H14BrN3OS. The molecular weight excluding hydrogens is 350 g/mol. The maximum atomic E-state index is 12.3. The van der Waals surface area contributed by atoms with Gasteiger partial charge in [-0.15, -0.1) is 11.3 Å². The van der Waals surface area contributed by atoms with Gasteiger partial charge in [0.05, 0.1) is 12.1 Å². The van der Waals surface area contributed by atoms with Gasteiger partial charge in [0.2, 0.25) is 5.91 Å². The molecule has 2 aromatic heterocycles. The van der Waals surface area contributed by atoms with E-state index in [0.29, 0.717) is 13.0 Å². The van der Waals surface area contributed by atoms with Crippen molar-refractivity contribution in [3.05, 3.63) is 57.8 Å². The maximum Gasteiger partial charge on any atom is 0.228 e. The van der Waals surface area contributed by atoms with E-state index in [-0.39, 0.29) is 5.91 Å². The zero-order chi connectivity index (χ0) is 14.8. The van der Waals surface area contributed by atoms with Gasteiger partial charge in [-0.25, -0.2) is 4.98 Å². The number of hydrogen-bond donors (Lipinski definition) is 0. The minimum Gasteiger partial charge on any atom is -0.341 e. The highest BCUT2D eigenvalue weighted by molar-refractivity contribution is 9.10. The van der Waals surface area contributed by atoms with Crippen LogP contribution < -0.4 is 0 Å². The molecule has 2 heterocycles. The van der Waals surface area contributed by atoms with E-state index in [2.05, 4.69) is 20.9 Å². The fourth-order valence-electron chi connectivity index (χ4n) is 2.12. The molecule has 6 heteroatoms. The van der Waals surface area contributed by atoms with Gasteiger partial charge in [0.15, 0.2) is 4.96 Å². The number of amides is 1. The predicted octanol–water partition coefficient (Wildman–Crippen LogP) is 3.36. The Labute approximate surface area is 135 Å². The number of carbonyl (C=O) groups is 1. The molecule has 0 radical (unpaired) electrons. The van der Waals surface area contributed by atoms with Crippen molar-refractivity contribution < 1.29 is 4.79 Å². The lowest BCUT2D eigenvalue weighted by molar-refractivity contribution is -0.129. The SMILES string of the molecule is CN(Cc1ccccc1Br)C(=O)Cc1cn2ccsc2n1. The number of likely N-dealkylation sites (N-methyl/N-ethyl adjacent to an activating group) is 1. The van der Waals surface area contributed by atoms with Crippen LogP contribution in [0, 0.1) is 0 Å². The Hall–Kier alpha value is -1.66. The van der Waals surface area contributed by atoms with Gasteiger partial charge in [0.1, 0.15) is 0 Å². The van der Waals surface area contributed by atoms with Gasteiger partial charge >= 0.3 is 0 Å². The average Bonchev–Trinajstić information content (AvgIpc) is 3.02. The van der Waals surface area contributed by atoms with Crippen LogP contribution >= 0.6 is 27.3 Å². The summed E-state index contributed by atoms with van der Waals surface area (Å²) in [6.07, 6.45) is 4.19. The van der Waals surface area contributed by atoms with Crippen LogP contribution in [-0.2, 0) is 17.8 Å². The molecule has 0 unspecified atom stereocenters. The fraction of sp³-hybridized carbons (Fsp3) is 0.200. The van der Waals surface area contributed by atoms with Gasteiger partial charge in [0.25, 0.3) is 0 Å². The van der Waals surface area contributed by atoms with Crippen molar-refractivity contribution in [1.82, 2.24) is 14.3 Å². The second kappa shape index (κ2) is 5.99. The third-order valence-corrected chi connectivity index (χ3v) is 4.81. The summed E-state index contributed by atoms with van der Waals surface area (Å²) >= 11 is 5.08. The van der Waals surface area contributed by atoms with Crippen molar-refractivity contribution in [2.24, 2.45) is 0 Å². The molecule has 4 nitrogen and oxygen atoms in total. The smallest absolute Gasteiger partial charge is 0.228 e. The van der Waals surface area contributed by atoms with Crippen molar-refractivity contribution in [3.8, 4) is 0 Å². The largest absolute Gasteiger partial charge is 0.341 e. The number of thiazole rings is 1. The standard InChI is InChI=1S/C15H14BrN3OS/c1-18(9-11-4-2-3-5-13(11)16)14(20)8-12-10-19-6-7-21-15(19)17-12/h2-7,10H,8-9H2,1H3. The first-order valence-corrected chi connectivity index (χ1v) is 8.19. The summed E-state index contributed by atoms with van der Waals surface area (Å²) in [5.74, 6) is 0.0662. The molecule has 0 atom stereocenters. The molecule has 0 fully saturated rings. The normalized spacial score (nSPS) is 11.0. The number of halogens is 1. The van der Waals surface area contributed by atoms with E-state index in [1.165, 1.54) is 0 Å². The van der Waals surface area contributed by atoms with Crippen molar-refractivity contribution >= 4 is 38.1 Å². The van der Waals surface area contributed by atoms with Gasteiger partial charge in [-0.3, -0.25) is 9.20 Å². The van der Waals surface area contributed by atoms with Crippen LogP contribution in [0.1, 0.15) is 11.3 Å². The van der Waals surface area contributed by atoms with Gasteiger partial charge < -0.3 is 4.90 Å². The van der Waals surface area contributed by atoms with E-state index in [1.807, 2.05) is 53.5 Å². The highest BCUT2D eigenvalue weighted by Crippen LogP contribution is 2.18. The average molecular weight is 364 g/mol. The van der Waals surface area contributed by atoms with Gasteiger partial charge in [-0.1, -0.05) is 34.1 Å². The molecule has 21 heavy (non-hydrogen) atoms. The number of carbonyl (C=O) groups excluding carboxylic acids is 1. The van der Waals surface area contributed by atoms with Crippen LogP contribution in [0.15, 0.2) is 46.5 Å². The first-order chi connectivity index (χ1) is 10.1. The van der Waals surface area contributed by atoms with E-state index in [1.54, 1.807) is 16.2 Å². The summed E-state index contributed by atoms with van der Waals surface area (Å²) in [5.41, 5.74) is 1.91. The van der Waals surface area contributed by atoms with Crippen molar-refractivity contribution in [2.45, 2.75) is 13.0 Å². The van der Waals surface area contributed by atoms with Crippen molar-refractivity contribution in [2.75, 3.05) is 7.05 Å². The quantitative estimate of drug-likeness (QED) is 0.712. The number of benzene rings is 1. The summed E-state index contributed by atoms with van der Waals surface area (Å²) in [6, 6.07) is 7.94. The highest BCUT2D eigenvalue weighted by Gasteiger charge is 2.13. The van der Waals surface area contributed by atoms with E-state index < -0.39 is 0 Å². The Morgan fingerprint density at radius 3 is 3.00 bits per heavy atom. The molecule has 1 amide bonds. The number of imidazole rings is 1. The molecule has 0 spiro atoms. The second-order valence-electron chi connectivity index (χ2n) is 4.84.